The molecule has 0 amide bonds. The maximum atomic E-state index is 14.2. The summed E-state index contributed by atoms with van der Waals surface area (Å²) < 4.78 is 44.2. The molecule has 1 atom stereocenters. The average molecular weight is 599 g/mol. The summed E-state index contributed by atoms with van der Waals surface area (Å²) in [5.41, 5.74) is 2.86. The lowest BCUT2D eigenvalue weighted by atomic mass is 10.2. The number of methoxy groups -OCH3 is 2. The van der Waals surface area contributed by atoms with Crippen molar-refractivity contribution in [2.45, 2.75) is 33.4 Å². The first-order chi connectivity index (χ1) is 18.8. The molecule has 202 valence electrons. The molecule has 0 radical (unpaired) electrons. The van der Waals surface area contributed by atoms with Gasteiger partial charge in [0.1, 0.15) is 16.4 Å². The highest BCUT2D eigenvalue weighted by molar-refractivity contribution is 8.16. The Morgan fingerprint density at radius 2 is 1.69 bits per heavy atom. The largest absolute Gasteiger partial charge is 0.497 e. The Bertz CT molecular complexity index is 1710. The van der Waals surface area contributed by atoms with Crippen LogP contribution in [0.3, 0.4) is 0 Å². The number of halogens is 1. The topological polar surface area (TPSA) is 67.9 Å². The number of hydrogen-bond acceptors (Lipinski definition) is 6. The number of fused-ring (bicyclic) bond motifs is 2. The van der Waals surface area contributed by atoms with Gasteiger partial charge in [0.2, 0.25) is 0 Å². The molecule has 1 unspecified atom stereocenters. The number of ether oxygens (including phenoxy) is 2. The Morgan fingerprint density at radius 3 is 2.41 bits per heavy atom. The van der Waals surface area contributed by atoms with Crippen LogP contribution < -0.4 is 18.5 Å². The predicted octanol–water partition coefficient (Wildman–Crippen LogP) is 8.13. The lowest BCUT2D eigenvalue weighted by Crippen LogP contribution is -2.29. The van der Waals surface area contributed by atoms with Crippen molar-refractivity contribution in [1.82, 2.24) is 0 Å². The monoisotopic (exact) mass is 598 g/mol. The van der Waals surface area contributed by atoms with Gasteiger partial charge < -0.3 is 14.2 Å². The van der Waals surface area contributed by atoms with E-state index >= 15 is 0 Å². The fourth-order valence-corrected chi connectivity index (χ4v) is 8.96. The summed E-state index contributed by atoms with van der Waals surface area (Å²) in [6, 6.07) is 23.9. The van der Waals surface area contributed by atoms with Gasteiger partial charge in [-0.15, -0.1) is 0 Å². The highest BCUT2D eigenvalue weighted by Crippen LogP contribution is 2.51. The maximum absolute atomic E-state index is 14.2. The highest BCUT2D eigenvalue weighted by atomic mass is 35.5. The van der Waals surface area contributed by atoms with Crippen LogP contribution in [-0.2, 0) is 10.0 Å². The third-order valence-electron chi connectivity index (χ3n) is 6.16. The van der Waals surface area contributed by atoms with Crippen LogP contribution in [0.1, 0.15) is 12.5 Å². The number of aryl methyl sites for hydroxylation is 1. The first-order valence-electron chi connectivity index (χ1n) is 12.0. The van der Waals surface area contributed by atoms with Gasteiger partial charge in [-0.1, -0.05) is 52.2 Å². The molecule has 0 fully saturated rings. The van der Waals surface area contributed by atoms with Crippen molar-refractivity contribution in [3.8, 4) is 11.5 Å². The standard InChI is InChI=1S/C29H27ClN2O4S3/c1-5-38(28-18-21(35-3)12-13-25(28)36-4)31-20-11-15-29(22(30)17-20)39(33,34)32-23-8-6-7-9-26(23)37-27-14-10-19(2)16-24(27)32/h5-18,31H,1-4H3. The van der Waals surface area contributed by atoms with Crippen molar-refractivity contribution in [1.29, 1.82) is 0 Å². The third kappa shape index (κ3) is 5.24. The van der Waals surface area contributed by atoms with Crippen molar-refractivity contribution in [2.24, 2.45) is 0 Å². The van der Waals surface area contributed by atoms with Gasteiger partial charge in [0.05, 0.1) is 35.5 Å². The van der Waals surface area contributed by atoms with Gasteiger partial charge >= 0.3 is 0 Å². The van der Waals surface area contributed by atoms with E-state index in [4.69, 9.17) is 21.1 Å². The van der Waals surface area contributed by atoms with E-state index in [0.29, 0.717) is 28.6 Å². The Kier molecular flexibility index (Phi) is 7.87. The summed E-state index contributed by atoms with van der Waals surface area (Å²) in [5.74, 6) is 1.42. The second kappa shape index (κ2) is 11.2. The van der Waals surface area contributed by atoms with Crippen LogP contribution in [0.4, 0.5) is 17.1 Å². The molecule has 1 aliphatic heterocycles. The number of nitrogens with one attached hydrogen (secondary N) is 1. The molecule has 0 bridgehead atoms. The van der Waals surface area contributed by atoms with E-state index in [9.17, 15) is 8.42 Å². The van der Waals surface area contributed by atoms with Gasteiger partial charge in [0, 0.05) is 15.5 Å². The van der Waals surface area contributed by atoms with Crippen LogP contribution in [0.5, 0.6) is 11.5 Å². The molecule has 1 heterocycles. The van der Waals surface area contributed by atoms with Crippen molar-refractivity contribution in [2.75, 3.05) is 23.2 Å². The zero-order chi connectivity index (χ0) is 27.7. The van der Waals surface area contributed by atoms with E-state index in [1.54, 1.807) is 44.2 Å². The van der Waals surface area contributed by atoms with E-state index in [0.717, 1.165) is 20.2 Å². The molecule has 0 saturated heterocycles. The molecule has 0 spiro atoms. The smallest absolute Gasteiger partial charge is 0.270 e. The summed E-state index contributed by atoms with van der Waals surface area (Å²) in [4.78, 5) is 2.67. The highest BCUT2D eigenvalue weighted by Gasteiger charge is 2.35. The minimum Gasteiger partial charge on any atom is -0.497 e. The fourth-order valence-electron chi connectivity index (χ4n) is 4.29. The lowest BCUT2D eigenvalue weighted by Gasteiger charge is -2.32. The summed E-state index contributed by atoms with van der Waals surface area (Å²) >= 11 is 8.25. The zero-order valence-electron chi connectivity index (χ0n) is 21.8. The van der Waals surface area contributed by atoms with Crippen LogP contribution in [0, 0.1) is 6.92 Å². The van der Waals surface area contributed by atoms with Crippen LogP contribution >= 0.6 is 34.0 Å². The minimum absolute atomic E-state index is 0.0307. The number of hydrogen-bond donors (Lipinski definition) is 1. The van der Waals surface area contributed by atoms with Crippen molar-refractivity contribution >= 4 is 66.5 Å². The third-order valence-corrected chi connectivity index (χ3v) is 11.2. The number of benzene rings is 4. The summed E-state index contributed by atoms with van der Waals surface area (Å²) in [6.45, 7) is 3.89. The summed E-state index contributed by atoms with van der Waals surface area (Å²) in [5, 5.41) is 2.14. The number of nitrogens with zero attached hydrogens (tertiary/aromatic N) is 1. The van der Waals surface area contributed by atoms with Crippen molar-refractivity contribution in [3.63, 3.8) is 0 Å². The number of para-hydroxylation sites is 1. The quantitative estimate of drug-likeness (QED) is 0.217. The van der Waals surface area contributed by atoms with Crippen LogP contribution in [0.25, 0.3) is 0 Å². The summed E-state index contributed by atoms with van der Waals surface area (Å²) in [7, 11) is -1.38. The van der Waals surface area contributed by atoms with Crippen molar-refractivity contribution < 1.29 is 17.9 Å². The van der Waals surface area contributed by atoms with E-state index in [2.05, 4.69) is 4.72 Å². The fraction of sp³-hybridized carbons (Fsp3) is 0.138. The molecule has 0 aliphatic carbocycles. The van der Waals surface area contributed by atoms with Gasteiger partial charge in [-0.3, -0.25) is 0 Å². The van der Waals surface area contributed by atoms with E-state index in [-0.39, 0.29) is 9.92 Å². The first kappa shape index (κ1) is 27.5. The maximum Gasteiger partial charge on any atom is 0.270 e. The normalized spacial score (nSPS) is 13.4. The van der Waals surface area contributed by atoms with E-state index in [1.165, 1.54) is 4.31 Å². The molecule has 0 saturated carbocycles. The Balaban J connectivity index is 1.53. The van der Waals surface area contributed by atoms with Gasteiger partial charge in [0.15, 0.2) is 0 Å². The van der Waals surface area contributed by atoms with Crippen LogP contribution in [0.2, 0.25) is 5.02 Å². The Morgan fingerprint density at radius 1 is 0.923 bits per heavy atom. The first-order valence-corrected chi connectivity index (χ1v) is 15.9. The molecule has 0 aromatic heterocycles. The van der Waals surface area contributed by atoms with Crippen LogP contribution in [0.15, 0.2) is 98.4 Å². The molecule has 4 aromatic carbocycles. The molecule has 5 rings (SSSR count). The zero-order valence-corrected chi connectivity index (χ0v) is 25.0. The second-order valence-electron chi connectivity index (χ2n) is 8.65. The number of anilines is 3. The van der Waals surface area contributed by atoms with Crippen molar-refractivity contribution in [3.05, 3.63) is 89.4 Å². The number of sulfonamides is 1. The summed E-state index contributed by atoms with van der Waals surface area (Å²) in [6.07, 6.45) is 0. The minimum atomic E-state index is -4.04. The van der Waals surface area contributed by atoms with E-state index in [1.807, 2.05) is 79.9 Å². The SMILES string of the molecule is C/C=S(/Nc1ccc(S(=O)(=O)N2c3ccccc3Sc3ccc(C)cc32)c(Cl)c1)c1cc(OC)ccc1OC. The molecule has 4 aromatic rings. The molecule has 1 aliphatic rings. The molecular weight excluding hydrogens is 572 g/mol. The Hall–Kier alpha value is -3.11. The van der Waals surface area contributed by atoms with Gasteiger partial charge in [0.25, 0.3) is 10.0 Å². The van der Waals surface area contributed by atoms with E-state index < -0.39 is 20.7 Å². The van der Waals surface area contributed by atoms with Gasteiger partial charge in [-0.2, -0.15) is 0 Å². The molecule has 10 heteroatoms. The molecule has 6 nitrogen and oxygen atoms in total. The van der Waals surface area contributed by atoms with Gasteiger partial charge in [-0.25, -0.2) is 12.7 Å². The van der Waals surface area contributed by atoms with Crippen LogP contribution in [-0.4, -0.2) is 28.0 Å². The molecule has 1 N–H and O–H groups in total. The molecular formula is C29H27ClN2O4S3. The second-order valence-corrected chi connectivity index (χ2v) is 13.7. The average Bonchev–Trinajstić information content (AvgIpc) is 2.94. The van der Waals surface area contributed by atoms with Gasteiger partial charge in [-0.05, 0) is 85.4 Å². The predicted molar refractivity (Wildman–Crippen MR) is 163 cm³/mol. The number of rotatable bonds is 7. The Labute approximate surface area is 241 Å². The lowest BCUT2D eigenvalue weighted by molar-refractivity contribution is 0.394. The molecule has 39 heavy (non-hydrogen) atoms.